The fourth-order valence-electron chi connectivity index (χ4n) is 3.49. The van der Waals surface area contributed by atoms with E-state index < -0.39 is 7.12 Å². The largest absolute Gasteiger partial charge is 0.488 e. The molecule has 0 unspecified atom stereocenters. The van der Waals surface area contributed by atoms with Crippen molar-refractivity contribution in [3.05, 3.63) is 95.3 Å². The standard InChI is InChI=1S/C24H26BNO2/c1-4-23(21-13-20(17(2)3)14-22(15-21)25(27)28)24(18-9-6-5-7-10-18)19-11-8-12-26-16-19/h5-17,27-28H,4H2,1-3H3/b24-23+. The minimum Gasteiger partial charge on any atom is -0.423 e. The molecule has 0 aliphatic carbocycles. The van der Waals surface area contributed by atoms with Crippen LogP contribution in [0, 0.1) is 0 Å². The van der Waals surface area contributed by atoms with Gasteiger partial charge in [0.15, 0.2) is 0 Å². The Labute approximate surface area is 167 Å². The van der Waals surface area contributed by atoms with E-state index in [2.05, 4.69) is 50.0 Å². The molecule has 142 valence electrons. The maximum Gasteiger partial charge on any atom is 0.488 e. The third kappa shape index (κ3) is 4.41. The molecule has 2 N–H and O–H groups in total. The smallest absolute Gasteiger partial charge is 0.423 e. The maximum absolute atomic E-state index is 9.81. The first-order valence-electron chi connectivity index (χ1n) is 9.71. The van der Waals surface area contributed by atoms with Gasteiger partial charge in [-0.2, -0.15) is 0 Å². The second-order valence-corrected chi connectivity index (χ2v) is 7.23. The maximum atomic E-state index is 9.81. The SMILES string of the molecule is CC/C(=C(/c1ccccc1)c1cccnc1)c1cc(B(O)O)cc(C(C)C)c1. The van der Waals surface area contributed by atoms with Crippen LogP contribution in [-0.4, -0.2) is 22.2 Å². The van der Waals surface area contributed by atoms with Crippen molar-refractivity contribution in [2.45, 2.75) is 33.1 Å². The van der Waals surface area contributed by atoms with Crippen molar-refractivity contribution in [1.29, 1.82) is 0 Å². The van der Waals surface area contributed by atoms with E-state index in [9.17, 15) is 10.0 Å². The van der Waals surface area contributed by atoms with Crippen LogP contribution in [0.1, 0.15) is 55.4 Å². The van der Waals surface area contributed by atoms with Gasteiger partial charge >= 0.3 is 7.12 Å². The minimum absolute atomic E-state index is 0.286. The van der Waals surface area contributed by atoms with Crippen LogP contribution in [0.4, 0.5) is 0 Å². The lowest BCUT2D eigenvalue weighted by molar-refractivity contribution is 0.425. The number of hydrogen-bond acceptors (Lipinski definition) is 3. The molecule has 0 aliphatic rings. The highest BCUT2D eigenvalue weighted by atomic mass is 16.4. The summed E-state index contributed by atoms with van der Waals surface area (Å²) >= 11 is 0. The Hall–Kier alpha value is -2.69. The molecule has 1 aromatic heterocycles. The van der Waals surface area contributed by atoms with E-state index in [1.54, 1.807) is 6.20 Å². The molecule has 28 heavy (non-hydrogen) atoms. The number of allylic oxidation sites excluding steroid dienone is 1. The average molecular weight is 371 g/mol. The molecule has 3 rings (SSSR count). The summed E-state index contributed by atoms with van der Waals surface area (Å²) in [7, 11) is -1.49. The lowest BCUT2D eigenvalue weighted by atomic mass is 9.76. The normalized spacial score (nSPS) is 12.1. The Balaban J connectivity index is 2.32. The first-order valence-corrected chi connectivity index (χ1v) is 9.71. The molecule has 0 amide bonds. The molecule has 4 heteroatoms. The highest BCUT2D eigenvalue weighted by molar-refractivity contribution is 6.58. The van der Waals surface area contributed by atoms with Crippen LogP contribution in [0.5, 0.6) is 0 Å². The topological polar surface area (TPSA) is 53.4 Å². The van der Waals surface area contributed by atoms with Crippen molar-refractivity contribution in [1.82, 2.24) is 4.98 Å². The highest BCUT2D eigenvalue weighted by Crippen LogP contribution is 2.34. The van der Waals surface area contributed by atoms with Crippen LogP contribution < -0.4 is 5.46 Å². The van der Waals surface area contributed by atoms with E-state index in [-0.39, 0.29) is 5.92 Å². The molecule has 0 saturated carbocycles. The van der Waals surface area contributed by atoms with Crippen LogP contribution >= 0.6 is 0 Å². The molecular weight excluding hydrogens is 345 g/mol. The van der Waals surface area contributed by atoms with Gasteiger partial charge in [0, 0.05) is 18.0 Å². The van der Waals surface area contributed by atoms with Gasteiger partial charge in [-0.15, -0.1) is 0 Å². The van der Waals surface area contributed by atoms with Crippen molar-refractivity contribution in [3.63, 3.8) is 0 Å². The number of benzene rings is 2. The lowest BCUT2D eigenvalue weighted by Gasteiger charge is -2.18. The third-order valence-corrected chi connectivity index (χ3v) is 4.96. The Morgan fingerprint density at radius 3 is 2.21 bits per heavy atom. The van der Waals surface area contributed by atoms with Crippen LogP contribution in [0.3, 0.4) is 0 Å². The van der Waals surface area contributed by atoms with Gasteiger partial charge < -0.3 is 10.0 Å². The molecule has 0 fully saturated rings. The van der Waals surface area contributed by atoms with Crippen molar-refractivity contribution in [2.24, 2.45) is 0 Å². The van der Waals surface area contributed by atoms with Gasteiger partial charge in [0.25, 0.3) is 0 Å². The summed E-state index contributed by atoms with van der Waals surface area (Å²) in [5.41, 5.74) is 7.06. The highest BCUT2D eigenvalue weighted by Gasteiger charge is 2.18. The van der Waals surface area contributed by atoms with Gasteiger partial charge in [-0.25, -0.2) is 0 Å². The van der Waals surface area contributed by atoms with Crippen LogP contribution in [0.2, 0.25) is 0 Å². The van der Waals surface area contributed by atoms with E-state index in [0.717, 1.165) is 39.8 Å². The van der Waals surface area contributed by atoms with E-state index in [1.165, 1.54) is 0 Å². The zero-order valence-corrected chi connectivity index (χ0v) is 16.6. The van der Waals surface area contributed by atoms with E-state index >= 15 is 0 Å². The van der Waals surface area contributed by atoms with Crippen molar-refractivity contribution in [3.8, 4) is 0 Å². The van der Waals surface area contributed by atoms with Gasteiger partial charge in [-0.1, -0.05) is 75.4 Å². The molecule has 0 radical (unpaired) electrons. The van der Waals surface area contributed by atoms with Gasteiger partial charge in [-0.3, -0.25) is 4.98 Å². The fraction of sp³-hybridized carbons (Fsp3) is 0.208. The first-order chi connectivity index (χ1) is 13.5. The molecule has 0 spiro atoms. The molecule has 0 bridgehead atoms. The second kappa shape index (κ2) is 9.00. The van der Waals surface area contributed by atoms with Crippen molar-refractivity contribution >= 4 is 23.7 Å². The molecule has 2 aromatic carbocycles. The van der Waals surface area contributed by atoms with Crippen LogP contribution in [0.15, 0.2) is 73.1 Å². The van der Waals surface area contributed by atoms with Gasteiger partial charge in [-0.05, 0) is 51.7 Å². The second-order valence-electron chi connectivity index (χ2n) is 7.23. The molecule has 3 aromatic rings. The van der Waals surface area contributed by atoms with Gasteiger partial charge in [0.1, 0.15) is 0 Å². The monoisotopic (exact) mass is 371 g/mol. The first kappa shape index (κ1) is 20.1. The summed E-state index contributed by atoms with van der Waals surface area (Å²) in [6.07, 6.45) is 4.46. The summed E-state index contributed by atoms with van der Waals surface area (Å²) in [6.45, 7) is 6.36. The van der Waals surface area contributed by atoms with Crippen LogP contribution in [-0.2, 0) is 0 Å². The number of nitrogens with zero attached hydrogens (tertiary/aromatic N) is 1. The molecule has 0 aliphatic heterocycles. The average Bonchev–Trinajstić information content (AvgIpc) is 2.72. The number of hydrogen-bond donors (Lipinski definition) is 2. The number of rotatable bonds is 6. The minimum atomic E-state index is -1.49. The summed E-state index contributed by atoms with van der Waals surface area (Å²) in [5, 5.41) is 19.6. The number of aromatic nitrogens is 1. The lowest BCUT2D eigenvalue weighted by Crippen LogP contribution is -2.30. The summed E-state index contributed by atoms with van der Waals surface area (Å²) in [5.74, 6) is 0.286. The molecule has 0 saturated heterocycles. The molecular formula is C24H26BNO2. The van der Waals surface area contributed by atoms with E-state index in [1.807, 2.05) is 42.6 Å². The Morgan fingerprint density at radius 2 is 1.64 bits per heavy atom. The quantitative estimate of drug-likeness (QED) is 0.503. The van der Waals surface area contributed by atoms with Crippen molar-refractivity contribution in [2.75, 3.05) is 0 Å². The predicted molar refractivity (Wildman–Crippen MR) is 117 cm³/mol. The Bertz CT molecular complexity index is 883. The van der Waals surface area contributed by atoms with E-state index in [0.29, 0.717) is 5.46 Å². The third-order valence-electron chi connectivity index (χ3n) is 4.96. The Kier molecular flexibility index (Phi) is 6.45. The summed E-state index contributed by atoms with van der Waals surface area (Å²) in [6, 6.07) is 20.2. The summed E-state index contributed by atoms with van der Waals surface area (Å²) < 4.78 is 0. The Morgan fingerprint density at radius 1 is 0.929 bits per heavy atom. The number of pyridine rings is 1. The van der Waals surface area contributed by atoms with Crippen molar-refractivity contribution < 1.29 is 10.0 Å². The summed E-state index contributed by atoms with van der Waals surface area (Å²) in [4.78, 5) is 4.32. The van der Waals surface area contributed by atoms with Crippen LogP contribution in [0.25, 0.3) is 11.1 Å². The zero-order chi connectivity index (χ0) is 20.1. The predicted octanol–water partition coefficient (Wildman–Crippen LogP) is 4.25. The fourth-order valence-corrected chi connectivity index (χ4v) is 3.49. The van der Waals surface area contributed by atoms with Gasteiger partial charge in [0.05, 0.1) is 0 Å². The van der Waals surface area contributed by atoms with Gasteiger partial charge in [0.2, 0.25) is 0 Å². The zero-order valence-electron chi connectivity index (χ0n) is 16.6. The van der Waals surface area contributed by atoms with E-state index in [4.69, 9.17) is 0 Å². The molecule has 0 atom stereocenters. The molecule has 3 nitrogen and oxygen atoms in total. The molecule has 1 heterocycles.